The van der Waals surface area contributed by atoms with E-state index in [4.69, 9.17) is 0 Å². The first kappa shape index (κ1) is 13.8. The molecule has 0 radical (unpaired) electrons. The van der Waals surface area contributed by atoms with Gasteiger partial charge < -0.3 is 0 Å². The van der Waals surface area contributed by atoms with Crippen molar-refractivity contribution in [2.45, 2.75) is 6.42 Å². The van der Waals surface area contributed by atoms with Crippen molar-refractivity contribution in [2.24, 2.45) is 0 Å². The minimum atomic E-state index is -0.346. The molecule has 98 valence electrons. The van der Waals surface area contributed by atoms with Crippen LogP contribution in [-0.2, 0) is 0 Å². The number of carbonyl (C=O) groups excluding carboxylic acids is 1. The van der Waals surface area contributed by atoms with Gasteiger partial charge in [-0.25, -0.2) is 4.39 Å². The van der Waals surface area contributed by atoms with Crippen LogP contribution in [0.5, 0.6) is 0 Å². The smallest absolute Gasteiger partial charge is 0.163 e. The molecule has 0 unspecified atom stereocenters. The van der Waals surface area contributed by atoms with Crippen molar-refractivity contribution < 1.29 is 9.18 Å². The number of ketones is 1. The molecule has 19 heavy (non-hydrogen) atoms. The van der Waals surface area contributed by atoms with Crippen LogP contribution in [0.4, 0.5) is 4.39 Å². The van der Waals surface area contributed by atoms with Crippen LogP contribution >= 0.6 is 11.8 Å². The maximum absolute atomic E-state index is 14.1. The molecule has 0 spiro atoms. The predicted octanol–water partition coefficient (Wildman–Crippen LogP) is 4.43. The van der Waals surface area contributed by atoms with Crippen molar-refractivity contribution in [1.82, 2.24) is 0 Å². The van der Waals surface area contributed by atoms with Crippen LogP contribution in [-0.4, -0.2) is 17.8 Å². The van der Waals surface area contributed by atoms with Gasteiger partial charge >= 0.3 is 0 Å². The van der Waals surface area contributed by atoms with Crippen molar-refractivity contribution in [1.29, 1.82) is 0 Å². The summed E-state index contributed by atoms with van der Waals surface area (Å²) < 4.78 is 14.1. The van der Waals surface area contributed by atoms with Gasteiger partial charge in [0.2, 0.25) is 0 Å². The Kier molecular flexibility index (Phi) is 4.74. The lowest BCUT2D eigenvalue weighted by molar-refractivity contribution is 0.0989. The predicted molar refractivity (Wildman–Crippen MR) is 79.2 cm³/mol. The van der Waals surface area contributed by atoms with Crippen LogP contribution in [0.25, 0.3) is 11.1 Å². The van der Waals surface area contributed by atoms with E-state index in [9.17, 15) is 9.18 Å². The zero-order valence-corrected chi connectivity index (χ0v) is 11.5. The summed E-state index contributed by atoms with van der Waals surface area (Å²) in [6, 6.07) is 14.1. The molecular weight excluding hydrogens is 259 g/mol. The first-order chi connectivity index (χ1) is 9.22. The van der Waals surface area contributed by atoms with E-state index in [0.717, 1.165) is 11.3 Å². The third-order valence-electron chi connectivity index (χ3n) is 2.91. The average molecular weight is 274 g/mol. The van der Waals surface area contributed by atoms with Crippen LogP contribution < -0.4 is 0 Å². The quantitative estimate of drug-likeness (QED) is 0.750. The van der Waals surface area contributed by atoms with Gasteiger partial charge in [-0.05, 0) is 17.9 Å². The molecule has 0 fully saturated rings. The Morgan fingerprint density at radius 1 is 1.16 bits per heavy atom. The zero-order chi connectivity index (χ0) is 13.7. The van der Waals surface area contributed by atoms with Gasteiger partial charge in [-0.2, -0.15) is 11.8 Å². The number of hydrogen-bond acceptors (Lipinski definition) is 2. The van der Waals surface area contributed by atoms with Gasteiger partial charge in [0.05, 0.1) is 0 Å². The molecule has 0 saturated heterocycles. The van der Waals surface area contributed by atoms with E-state index in [0.29, 0.717) is 17.5 Å². The first-order valence-electron chi connectivity index (χ1n) is 6.09. The number of hydrogen-bond donors (Lipinski definition) is 0. The Morgan fingerprint density at radius 2 is 1.89 bits per heavy atom. The second-order valence-corrected chi connectivity index (χ2v) is 5.21. The molecule has 0 aliphatic carbocycles. The van der Waals surface area contributed by atoms with Crippen molar-refractivity contribution in [3.8, 4) is 11.1 Å². The van der Waals surface area contributed by atoms with Gasteiger partial charge in [0.15, 0.2) is 5.78 Å². The fraction of sp³-hybridized carbons (Fsp3) is 0.188. The largest absolute Gasteiger partial charge is 0.294 e. The van der Waals surface area contributed by atoms with Crippen molar-refractivity contribution in [3.05, 3.63) is 59.9 Å². The Bertz CT molecular complexity index is 566. The van der Waals surface area contributed by atoms with E-state index in [1.165, 1.54) is 6.07 Å². The molecule has 0 heterocycles. The number of rotatable bonds is 5. The Morgan fingerprint density at radius 3 is 2.53 bits per heavy atom. The molecule has 0 aliphatic rings. The molecule has 0 saturated carbocycles. The Labute approximate surface area is 116 Å². The van der Waals surface area contributed by atoms with Crippen LogP contribution in [0.15, 0.2) is 48.5 Å². The number of Topliss-reactive ketones (excluding diaryl/α,β-unsaturated/α-hetero) is 1. The molecule has 2 aromatic rings. The van der Waals surface area contributed by atoms with Crippen LogP contribution in [0.2, 0.25) is 0 Å². The standard InChI is InChI=1S/C16H15FOS/c1-19-10-9-16(18)13-7-8-14(15(17)11-13)12-5-3-2-4-6-12/h2-8,11H,9-10H2,1H3. The van der Waals surface area contributed by atoms with Crippen molar-refractivity contribution in [3.63, 3.8) is 0 Å². The Balaban J connectivity index is 2.25. The van der Waals surface area contributed by atoms with E-state index in [-0.39, 0.29) is 11.6 Å². The van der Waals surface area contributed by atoms with Gasteiger partial charge in [0.25, 0.3) is 0 Å². The van der Waals surface area contributed by atoms with Crippen molar-refractivity contribution >= 4 is 17.5 Å². The monoisotopic (exact) mass is 274 g/mol. The third-order valence-corrected chi connectivity index (χ3v) is 3.52. The van der Waals surface area contributed by atoms with E-state index in [2.05, 4.69) is 0 Å². The fourth-order valence-electron chi connectivity index (χ4n) is 1.88. The molecule has 0 amide bonds. The normalized spacial score (nSPS) is 10.4. The summed E-state index contributed by atoms with van der Waals surface area (Å²) in [5.74, 6) is 0.412. The highest BCUT2D eigenvalue weighted by Gasteiger charge is 2.10. The summed E-state index contributed by atoms with van der Waals surface area (Å²) in [5.41, 5.74) is 1.80. The topological polar surface area (TPSA) is 17.1 Å². The molecule has 0 aliphatic heterocycles. The minimum absolute atomic E-state index is 0.00661. The number of halogens is 1. The molecule has 2 aromatic carbocycles. The van der Waals surface area contributed by atoms with Gasteiger partial charge in [0, 0.05) is 23.3 Å². The summed E-state index contributed by atoms with van der Waals surface area (Å²) >= 11 is 1.61. The fourth-order valence-corrected chi connectivity index (χ4v) is 2.27. The number of thioether (sulfide) groups is 1. The zero-order valence-electron chi connectivity index (χ0n) is 10.7. The van der Waals surface area contributed by atoms with Gasteiger partial charge in [-0.3, -0.25) is 4.79 Å². The second kappa shape index (κ2) is 6.53. The maximum atomic E-state index is 14.1. The van der Waals surface area contributed by atoms with Gasteiger partial charge in [-0.1, -0.05) is 42.5 Å². The molecule has 2 rings (SSSR count). The van der Waals surface area contributed by atoms with Crippen molar-refractivity contribution in [2.75, 3.05) is 12.0 Å². The maximum Gasteiger partial charge on any atom is 0.163 e. The highest BCUT2D eigenvalue weighted by Crippen LogP contribution is 2.23. The first-order valence-corrected chi connectivity index (χ1v) is 7.49. The van der Waals surface area contributed by atoms with E-state index >= 15 is 0 Å². The highest BCUT2D eigenvalue weighted by molar-refractivity contribution is 7.98. The second-order valence-electron chi connectivity index (χ2n) is 4.23. The van der Waals surface area contributed by atoms with Gasteiger partial charge in [-0.15, -0.1) is 0 Å². The van der Waals surface area contributed by atoms with Gasteiger partial charge in [0.1, 0.15) is 5.82 Å². The lowest BCUT2D eigenvalue weighted by atomic mass is 10.0. The minimum Gasteiger partial charge on any atom is -0.294 e. The molecule has 3 heteroatoms. The summed E-state index contributed by atoms with van der Waals surface area (Å²) in [6.45, 7) is 0. The summed E-state index contributed by atoms with van der Waals surface area (Å²) in [7, 11) is 0. The highest BCUT2D eigenvalue weighted by atomic mass is 32.2. The lowest BCUT2D eigenvalue weighted by Gasteiger charge is -2.06. The average Bonchev–Trinajstić information content (AvgIpc) is 2.45. The Hall–Kier alpha value is -1.61. The van der Waals surface area contributed by atoms with E-state index in [1.807, 2.05) is 36.6 Å². The molecule has 0 N–H and O–H groups in total. The molecule has 0 bridgehead atoms. The SMILES string of the molecule is CSCCC(=O)c1ccc(-c2ccccc2)c(F)c1. The molecule has 1 nitrogen and oxygen atoms in total. The van der Waals surface area contributed by atoms with E-state index in [1.54, 1.807) is 23.9 Å². The van der Waals surface area contributed by atoms with Crippen LogP contribution in [0.3, 0.4) is 0 Å². The third kappa shape index (κ3) is 3.44. The van der Waals surface area contributed by atoms with Crippen LogP contribution in [0.1, 0.15) is 16.8 Å². The number of carbonyl (C=O) groups is 1. The lowest BCUT2D eigenvalue weighted by Crippen LogP contribution is -2.01. The van der Waals surface area contributed by atoms with Crippen LogP contribution in [0, 0.1) is 5.82 Å². The van der Waals surface area contributed by atoms with E-state index < -0.39 is 0 Å². The molecule has 0 aromatic heterocycles. The summed E-state index contributed by atoms with van der Waals surface area (Å²) in [4.78, 5) is 11.8. The molecule has 0 atom stereocenters. The number of benzene rings is 2. The summed E-state index contributed by atoms with van der Waals surface area (Å²) in [5, 5.41) is 0. The molecular formula is C16H15FOS. The summed E-state index contributed by atoms with van der Waals surface area (Å²) in [6.07, 6.45) is 2.40.